The zero-order valence-electron chi connectivity index (χ0n) is 16.0. The molecule has 4 nitrogen and oxygen atoms in total. The molecule has 0 aliphatic heterocycles. The van der Waals surface area contributed by atoms with Crippen LogP contribution in [0, 0.1) is 0 Å². The third kappa shape index (κ3) is 6.20. The van der Waals surface area contributed by atoms with Crippen LogP contribution < -0.4 is 13.6 Å². The lowest BCUT2D eigenvalue weighted by Gasteiger charge is -2.20. The largest absolute Gasteiger partial charge is 0.647 e. The van der Waals surface area contributed by atoms with Gasteiger partial charge in [0.05, 0.1) is 0 Å². The normalized spacial score (nSPS) is 11.8. The molecule has 3 rings (SSSR count). The first-order chi connectivity index (χ1) is 15.1. The predicted octanol–water partition coefficient (Wildman–Crippen LogP) is 8.14. The average molecular weight is 476 g/mol. The lowest BCUT2D eigenvalue weighted by Crippen LogP contribution is -2.08. The van der Waals surface area contributed by atoms with Crippen LogP contribution in [0.15, 0.2) is 72.8 Å². The molecule has 3 aromatic rings. The van der Waals surface area contributed by atoms with Crippen molar-refractivity contribution in [3.8, 4) is 17.2 Å². The second kappa shape index (κ2) is 9.99. The number of hydrogen-bond donors (Lipinski definition) is 0. The van der Waals surface area contributed by atoms with Crippen LogP contribution in [0.5, 0.6) is 17.2 Å². The summed E-state index contributed by atoms with van der Waals surface area (Å²) in [5.41, 5.74) is -0.919. The van der Waals surface area contributed by atoms with Crippen molar-refractivity contribution in [1.29, 1.82) is 0 Å². The zero-order chi connectivity index (χ0) is 23.3. The Labute approximate surface area is 179 Å². The fraction of sp³-hybridized carbons (Fsp3) is 0.143. The highest BCUT2D eigenvalue weighted by Gasteiger charge is 2.33. The molecule has 0 heterocycles. The summed E-state index contributed by atoms with van der Waals surface area (Å²) >= 11 is 0. The first kappa shape index (κ1) is 23.5. The summed E-state index contributed by atoms with van der Waals surface area (Å²) in [6.07, 6.45) is -8.19. The highest BCUT2D eigenvalue weighted by Crippen LogP contribution is 2.50. The van der Waals surface area contributed by atoms with Crippen molar-refractivity contribution in [2.75, 3.05) is 0 Å². The Kier molecular flexibility index (Phi) is 7.35. The molecule has 0 aliphatic rings. The van der Waals surface area contributed by atoms with Gasteiger partial charge in [-0.25, -0.2) is 26.3 Å². The Bertz CT molecular complexity index is 920. The highest BCUT2D eigenvalue weighted by molar-refractivity contribution is 7.49. The molecular formula is C21H15F6O4P. The van der Waals surface area contributed by atoms with Gasteiger partial charge >= 0.3 is 7.82 Å². The van der Waals surface area contributed by atoms with Crippen molar-refractivity contribution in [3.05, 3.63) is 89.5 Å². The molecule has 0 spiro atoms. The van der Waals surface area contributed by atoms with Gasteiger partial charge in [-0.3, -0.25) is 0 Å². The molecule has 0 atom stereocenters. The van der Waals surface area contributed by atoms with E-state index in [-0.39, 0.29) is 33.9 Å². The Morgan fingerprint density at radius 2 is 0.688 bits per heavy atom. The van der Waals surface area contributed by atoms with Gasteiger partial charge in [0.1, 0.15) is 17.2 Å². The minimum Gasteiger partial charge on any atom is -0.386 e. The van der Waals surface area contributed by atoms with E-state index in [1.165, 1.54) is 0 Å². The summed E-state index contributed by atoms with van der Waals surface area (Å²) < 4.78 is 106. The predicted molar refractivity (Wildman–Crippen MR) is 104 cm³/mol. The lowest BCUT2D eigenvalue weighted by atomic mass is 10.2. The van der Waals surface area contributed by atoms with Crippen LogP contribution in [-0.4, -0.2) is 0 Å². The molecule has 3 aromatic carbocycles. The Balaban J connectivity index is 1.87. The molecule has 0 aromatic heterocycles. The van der Waals surface area contributed by atoms with Crippen molar-refractivity contribution < 1.29 is 44.5 Å². The number of hydrogen-bond acceptors (Lipinski definition) is 4. The van der Waals surface area contributed by atoms with E-state index in [2.05, 4.69) is 0 Å². The summed E-state index contributed by atoms with van der Waals surface area (Å²) in [4.78, 5) is 0. The minimum absolute atomic E-state index is 0.147. The number of rotatable bonds is 9. The van der Waals surface area contributed by atoms with Crippen molar-refractivity contribution in [2.24, 2.45) is 0 Å². The molecular weight excluding hydrogens is 461 g/mol. The summed E-state index contributed by atoms with van der Waals surface area (Å²) in [5.74, 6) is -0.441. The van der Waals surface area contributed by atoms with Gasteiger partial charge in [0, 0.05) is 16.7 Å². The van der Waals surface area contributed by atoms with E-state index in [9.17, 15) is 30.9 Å². The third-order valence-electron chi connectivity index (χ3n) is 4.05. The molecule has 11 heteroatoms. The van der Waals surface area contributed by atoms with Crippen LogP contribution >= 0.6 is 7.82 Å². The fourth-order valence-corrected chi connectivity index (χ4v) is 3.72. The Hall–Kier alpha value is -3.13. The zero-order valence-corrected chi connectivity index (χ0v) is 16.9. The summed E-state index contributed by atoms with van der Waals surface area (Å²) in [7, 11) is -4.56. The third-order valence-corrected chi connectivity index (χ3v) is 5.35. The van der Waals surface area contributed by atoms with E-state index in [4.69, 9.17) is 13.6 Å². The molecule has 0 amide bonds. The first-order valence-corrected chi connectivity index (χ1v) is 10.4. The standard InChI is InChI=1S/C21H15F6O4P/c22-19(23)13-1-7-16(8-2-13)29-32(28,30-17-9-3-14(4-10-17)20(24)25)31-18-11-5-15(6-12-18)21(26)27/h1-12,19-21H. The van der Waals surface area contributed by atoms with Gasteiger partial charge in [0.15, 0.2) is 0 Å². The van der Waals surface area contributed by atoms with E-state index >= 15 is 0 Å². The van der Waals surface area contributed by atoms with Gasteiger partial charge < -0.3 is 13.6 Å². The minimum atomic E-state index is -4.56. The van der Waals surface area contributed by atoms with Crippen LogP contribution in [0.2, 0.25) is 0 Å². The van der Waals surface area contributed by atoms with Crippen molar-refractivity contribution in [1.82, 2.24) is 0 Å². The number of halogens is 6. The van der Waals surface area contributed by atoms with Crippen LogP contribution in [0.3, 0.4) is 0 Å². The maximum absolute atomic E-state index is 13.3. The number of alkyl halides is 6. The second-order valence-electron chi connectivity index (χ2n) is 6.33. The molecule has 0 fully saturated rings. The summed E-state index contributed by atoms with van der Waals surface area (Å²) in [6, 6.07) is 12.9. The molecule has 0 aliphatic carbocycles. The fourth-order valence-electron chi connectivity index (χ4n) is 2.47. The van der Waals surface area contributed by atoms with Crippen LogP contribution in [-0.2, 0) is 4.57 Å². The highest BCUT2D eigenvalue weighted by atomic mass is 31.2. The van der Waals surface area contributed by atoms with E-state index in [0.29, 0.717) is 0 Å². The smallest absolute Gasteiger partial charge is 0.386 e. The van der Waals surface area contributed by atoms with Gasteiger partial charge in [-0.15, -0.1) is 0 Å². The maximum Gasteiger partial charge on any atom is 0.647 e. The van der Waals surface area contributed by atoms with Crippen LogP contribution in [0.1, 0.15) is 36.0 Å². The molecule has 0 N–H and O–H groups in total. The first-order valence-electron chi connectivity index (χ1n) is 8.98. The molecule has 0 unspecified atom stereocenters. The van der Waals surface area contributed by atoms with E-state index in [1.807, 2.05) is 0 Å². The SMILES string of the molecule is O=P(Oc1ccc(C(F)F)cc1)(Oc1ccc(C(F)F)cc1)Oc1ccc(C(F)F)cc1. The molecule has 0 saturated carbocycles. The Morgan fingerprint density at radius 1 is 0.469 bits per heavy atom. The quantitative estimate of drug-likeness (QED) is 0.231. The van der Waals surface area contributed by atoms with E-state index in [1.54, 1.807) is 0 Å². The summed E-state index contributed by atoms with van der Waals surface area (Å²) in [5, 5.41) is 0. The topological polar surface area (TPSA) is 44.8 Å². The van der Waals surface area contributed by atoms with E-state index in [0.717, 1.165) is 72.8 Å². The number of benzene rings is 3. The van der Waals surface area contributed by atoms with Crippen LogP contribution in [0.25, 0.3) is 0 Å². The van der Waals surface area contributed by atoms with Crippen molar-refractivity contribution >= 4 is 7.82 Å². The van der Waals surface area contributed by atoms with Gasteiger partial charge in [0.2, 0.25) is 0 Å². The summed E-state index contributed by atoms with van der Waals surface area (Å²) in [6.45, 7) is 0. The molecule has 170 valence electrons. The van der Waals surface area contributed by atoms with Crippen molar-refractivity contribution in [3.63, 3.8) is 0 Å². The van der Waals surface area contributed by atoms with Gasteiger partial charge in [-0.1, -0.05) is 0 Å². The van der Waals surface area contributed by atoms with E-state index < -0.39 is 27.1 Å². The maximum atomic E-state index is 13.3. The molecule has 0 radical (unpaired) electrons. The Morgan fingerprint density at radius 3 is 0.875 bits per heavy atom. The molecule has 32 heavy (non-hydrogen) atoms. The average Bonchev–Trinajstić information content (AvgIpc) is 2.74. The lowest BCUT2D eigenvalue weighted by molar-refractivity contribution is 0.151. The van der Waals surface area contributed by atoms with Crippen LogP contribution in [0.4, 0.5) is 26.3 Å². The second-order valence-corrected chi connectivity index (χ2v) is 7.77. The van der Waals surface area contributed by atoms with Gasteiger partial charge in [0.25, 0.3) is 19.3 Å². The number of phosphoric ester groups is 1. The molecule has 0 bridgehead atoms. The van der Waals surface area contributed by atoms with Gasteiger partial charge in [-0.2, -0.15) is 4.57 Å². The molecule has 0 saturated heterocycles. The van der Waals surface area contributed by atoms with Gasteiger partial charge in [-0.05, 0) is 72.8 Å². The number of phosphoric acid groups is 1. The van der Waals surface area contributed by atoms with Crippen molar-refractivity contribution in [2.45, 2.75) is 19.3 Å². The monoisotopic (exact) mass is 476 g/mol.